The third kappa shape index (κ3) is 3.85. The lowest BCUT2D eigenvalue weighted by Crippen LogP contribution is -2.29. The first-order valence-corrected chi connectivity index (χ1v) is 8.77. The number of carbonyl (C=O) groups excluding carboxylic acids is 1. The van der Waals surface area contributed by atoms with Crippen molar-refractivity contribution in [2.75, 3.05) is 11.9 Å². The summed E-state index contributed by atoms with van der Waals surface area (Å²) in [5.41, 5.74) is 3.96. The number of aryl methyl sites for hydroxylation is 1. The summed E-state index contributed by atoms with van der Waals surface area (Å²) in [4.78, 5) is 23.4. The van der Waals surface area contributed by atoms with Gasteiger partial charge in [-0.1, -0.05) is 36.4 Å². The third-order valence-electron chi connectivity index (χ3n) is 4.58. The van der Waals surface area contributed by atoms with E-state index < -0.39 is 0 Å². The van der Waals surface area contributed by atoms with E-state index in [0.717, 1.165) is 16.8 Å². The SMILES string of the molecule is Cc1ccc(NC(=O)CN2Cc3cnc(-c4ccccc4)nc3C2)cc1F. The molecule has 0 spiro atoms. The molecule has 27 heavy (non-hydrogen) atoms. The van der Waals surface area contributed by atoms with E-state index in [1.54, 1.807) is 19.1 Å². The average Bonchev–Trinajstić information content (AvgIpc) is 3.06. The van der Waals surface area contributed by atoms with Gasteiger partial charge in [0.05, 0.1) is 12.2 Å². The maximum Gasteiger partial charge on any atom is 0.238 e. The number of halogens is 1. The molecule has 0 saturated carbocycles. The minimum absolute atomic E-state index is 0.178. The monoisotopic (exact) mass is 362 g/mol. The molecule has 0 unspecified atom stereocenters. The van der Waals surface area contributed by atoms with Gasteiger partial charge >= 0.3 is 0 Å². The van der Waals surface area contributed by atoms with Crippen molar-refractivity contribution in [2.24, 2.45) is 0 Å². The van der Waals surface area contributed by atoms with Crippen LogP contribution < -0.4 is 5.32 Å². The summed E-state index contributed by atoms with van der Waals surface area (Å²) in [7, 11) is 0. The molecule has 1 amide bonds. The second-order valence-corrected chi connectivity index (χ2v) is 6.69. The van der Waals surface area contributed by atoms with E-state index in [1.165, 1.54) is 6.07 Å². The first-order chi connectivity index (χ1) is 13.1. The number of benzene rings is 2. The average molecular weight is 362 g/mol. The van der Waals surface area contributed by atoms with Crippen molar-refractivity contribution in [3.63, 3.8) is 0 Å². The minimum Gasteiger partial charge on any atom is -0.325 e. The third-order valence-corrected chi connectivity index (χ3v) is 4.58. The summed E-state index contributed by atoms with van der Waals surface area (Å²) < 4.78 is 13.6. The first kappa shape index (κ1) is 17.3. The second kappa shape index (κ2) is 7.25. The molecular formula is C21H19FN4O. The molecule has 2 aromatic carbocycles. The number of nitrogens with one attached hydrogen (secondary N) is 1. The topological polar surface area (TPSA) is 58.1 Å². The number of hydrogen-bond acceptors (Lipinski definition) is 4. The van der Waals surface area contributed by atoms with E-state index in [0.29, 0.717) is 30.2 Å². The van der Waals surface area contributed by atoms with Gasteiger partial charge in [-0.2, -0.15) is 0 Å². The van der Waals surface area contributed by atoms with Gasteiger partial charge in [0.1, 0.15) is 5.82 Å². The molecule has 0 bridgehead atoms. The Bertz CT molecular complexity index is 991. The maximum atomic E-state index is 13.6. The molecule has 0 radical (unpaired) electrons. The normalized spacial score (nSPS) is 13.4. The van der Waals surface area contributed by atoms with Gasteiger partial charge in [-0.25, -0.2) is 14.4 Å². The van der Waals surface area contributed by atoms with Crippen LogP contribution in [0.4, 0.5) is 10.1 Å². The minimum atomic E-state index is -0.329. The van der Waals surface area contributed by atoms with E-state index in [4.69, 9.17) is 0 Å². The number of rotatable bonds is 4. The number of nitrogens with zero attached hydrogens (tertiary/aromatic N) is 3. The molecule has 136 valence electrons. The zero-order chi connectivity index (χ0) is 18.8. The highest BCUT2D eigenvalue weighted by Gasteiger charge is 2.23. The van der Waals surface area contributed by atoms with Crippen molar-refractivity contribution in [1.29, 1.82) is 0 Å². The van der Waals surface area contributed by atoms with Gasteiger partial charge in [-0.05, 0) is 24.6 Å². The zero-order valence-electron chi connectivity index (χ0n) is 14.9. The zero-order valence-corrected chi connectivity index (χ0v) is 14.9. The summed E-state index contributed by atoms with van der Waals surface area (Å²) in [5.74, 6) is 0.183. The Kier molecular flexibility index (Phi) is 4.64. The van der Waals surface area contributed by atoms with Crippen molar-refractivity contribution in [2.45, 2.75) is 20.0 Å². The van der Waals surface area contributed by atoms with Crippen LogP contribution in [0.2, 0.25) is 0 Å². The van der Waals surface area contributed by atoms with Gasteiger partial charge in [-0.15, -0.1) is 0 Å². The highest BCUT2D eigenvalue weighted by atomic mass is 19.1. The van der Waals surface area contributed by atoms with Gasteiger partial charge in [-0.3, -0.25) is 9.69 Å². The molecule has 5 nitrogen and oxygen atoms in total. The van der Waals surface area contributed by atoms with E-state index in [1.807, 2.05) is 41.4 Å². The van der Waals surface area contributed by atoms with Gasteiger partial charge in [0.2, 0.25) is 5.91 Å². The Morgan fingerprint density at radius 2 is 2.00 bits per heavy atom. The molecular weight excluding hydrogens is 343 g/mol. The summed E-state index contributed by atoms with van der Waals surface area (Å²) in [5, 5.41) is 2.74. The Labute approximate surface area is 156 Å². The van der Waals surface area contributed by atoms with E-state index in [9.17, 15) is 9.18 Å². The van der Waals surface area contributed by atoms with Crippen molar-refractivity contribution in [3.05, 3.63) is 77.4 Å². The molecule has 0 saturated heterocycles. The van der Waals surface area contributed by atoms with Crippen LogP contribution in [0, 0.1) is 12.7 Å². The van der Waals surface area contributed by atoms with Crippen LogP contribution in [0.15, 0.2) is 54.7 Å². The first-order valence-electron chi connectivity index (χ1n) is 8.77. The van der Waals surface area contributed by atoms with Gasteiger partial charge in [0, 0.05) is 36.1 Å². The fourth-order valence-electron chi connectivity index (χ4n) is 3.13. The molecule has 1 aromatic heterocycles. The Morgan fingerprint density at radius 1 is 1.19 bits per heavy atom. The molecule has 2 heterocycles. The quantitative estimate of drug-likeness (QED) is 0.771. The van der Waals surface area contributed by atoms with E-state index in [2.05, 4.69) is 15.3 Å². The summed E-state index contributed by atoms with van der Waals surface area (Å²) >= 11 is 0. The Hall–Kier alpha value is -3.12. The molecule has 0 fully saturated rings. The number of aromatic nitrogens is 2. The van der Waals surface area contributed by atoms with Gasteiger partial charge < -0.3 is 5.32 Å². The lowest BCUT2D eigenvalue weighted by atomic mass is 10.2. The van der Waals surface area contributed by atoms with Crippen LogP contribution in [-0.4, -0.2) is 27.3 Å². The lowest BCUT2D eigenvalue weighted by molar-refractivity contribution is -0.117. The summed E-state index contributed by atoms with van der Waals surface area (Å²) in [6.45, 7) is 3.12. The Balaban J connectivity index is 1.41. The Morgan fingerprint density at radius 3 is 2.78 bits per heavy atom. The molecule has 4 rings (SSSR count). The van der Waals surface area contributed by atoms with Crippen LogP contribution in [0.5, 0.6) is 0 Å². The molecule has 3 aromatic rings. The predicted molar refractivity (Wildman–Crippen MR) is 101 cm³/mol. The van der Waals surface area contributed by atoms with Crippen molar-refractivity contribution in [1.82, 2.24) is 14.9 Å². The molecule has 0 atom stereocenters. The van der Waals surface area contributed by atoms with Crippen molar-refractivity contribution >= 4 is 11.6 Å². The molecule has 6 heteroatoms. The van der Waals surface area contributed by atoms with Crippen molar-refractivity contribution < 1.29 is 9.18 Å². The lowest BCUT2D eigenvalue weighted by Gasteiger charge is -2.14. The number of fused-ring (bicyclic) bond motifs is 1. The number of anilines is 1. The molecule has 0 aliphatic carbocycles. The van der Waals surface area contributed by atoms with Crippen LogP contribution in [0.3, 0.4) is 0 Å². The second-order valence-electron chi connectivity index (χ2n) is 6.69. The largest absolute Gasteiger partial charge is 0.325 e. The smallest absolute Gasteiger partial charge is 0.238 e. The molecule has 1 N–H and O–H groups in total. The standard InChI is InChI=1S/C21H19FN4O/c1-14-7-8-17(9-18(14)22)24-20(27)13-26-11-16-10-23-21(25-19(16)12-26)15-5-3-2-4-6-15/h2-10H,11-13H2,1H3,(H,24,27). The van der Waals surface area contributed by atoms with Crippen LogP contribution in [0.25, 0.3) is 11.4 Å². The number of carbonyl (C=O) groups is 1. The van der Waals surface area contributed by atoms with Gasteiger partial charge in [0.15, 0.2) is 5.82 Å². The number of hydrogen-bond donors (Lipinski definition) is 1. The maximum absolute atomic E-state index is 13.6. The summed E-state index contributed by atoms with van der Waals surface area (Å²) in [6, 6.07) is 14.5. The van der Waals surface area contributed by atoms with Crippen LogP contribution in [-0.2, 0) is 17.9 Å². The van der Waals surface area contributed by atoms with Gasteiger partial charge in [0.25, 0.3) is 0 Å². The van der Waals surface area contributed by atoms with E-state index in [-0.39, 0.29) is 18.3 Å². The van der Waals surface area contributed by atoms with Crippen LogP contribution in [0.1, 0.15) is 16.8 Å². The summed E-state index contributed by atoms with van der Waals surface area (Å²) in [6.07, 6.45) is 1.83. The van der Waals surface area contributed by atoms with Crippen LogP contribution >= 0.6 is 0 Å². The predicted octanol–water partition coefficient (Wildman–Crippen LogP) is 3.55. The van der Waals surface area contributed by atoms with E-state index >= 15 is 0 Å². The highest BCUT2D eigenvalue weighted by Crippen LogP contribution is 2.23. The number of amides is 1. The fraction of sp³-hybridized carbons (Fsp3) is 0.190. The molecule has 1 aliphatic rings. The molecule has 1 aliphatic heterocycles. The van der Waals surface area contributed by atoms with Crippen molar-refractivity contribution in [3.8, 4) is 11.4 Å². The fourth-order valence-corrected chi connectivity index (χ4v) is 3.13. The highest BCUT2D eigenvalue weighted by molar-refractivity contribution is 5.92.